The number of nitrogens with one attached hydrogen (secondary N) is 1. The summed E-state index contributed by atoms with van der Waals surface area (Å²) in [5.74, 6) is 0. The predicted octanol–water partition coefficient (Wildman–Crippen LogP) is 1.18. The average Bonchev–Trinajstić information content (AvgIpc) is 2.88. The van der Waals surface area contributed by atoms with Crippen LogP contribution in [0.5, 0.6) is 0 Å². The smallest absolute Gasteiger partial charge is 0.252 e. The van der Waals surface area contributed by atoms with E-state index in [1.54, 1.807) is 10.4 Å². The second kappa shape index (κ2) is 6.53. The lowest BCUT2D eigenvalue weighted by atomic mass is 10.1. The number of hydrogen-bond donors (Lipinski definition) is 1. The maximum Gasteiger partial charge on any atom is 0.252 e. The van der Waals surface area contributed by atoms with Crippen molar-refractivity contribution in [2.75, 3.05) is 34.2 Å². The summed E-state index contributed by atoms with van der Waals surface area (Å²) in [7, 11) is 2.66. The Morgan fingerprint density at radius 3 is 2.60 bits per heavy atom. The molecule has 0 aromatic carbocycles. The molecule has 7 heteroatoms. The molecule has 0 spiro atoms. The number of hydrogen-bond acceptors (Lipinski definition) is 5. The highest BCUT2D eigenvalue weighted by Gasteiger charge is 2.30. The van der Waals surface area contributed by atoms with E-state index < -0.39 is 10.0 Å². The minimum atomic E-state index is -3.30. The van der Waals surface area contributed by atoms with Gasteiger partial charge in [0.15, 0.2) is 0 Å². The Balaban J connectivity index is 2.07. The first kappa shape index (κ1) is 15.9. The first-order chi connectivity index (χ1) is 9.45. The molecular formula is C13H23N3O2S2. The summed E-state index contributed by atoms with van der Waals surface area (Å²) in [6.45, 7) is 1.93. The minimum Gasteiger partial charge on any atom is -0.316 e. The fraction of sp³-hybridized carbons (Fsp3) is 0.692. The zero-order chi connectivity index (χ0) is 14.8. The first-order valence-corrected chi connectivity index (χ1v) is 9.15. The van der Waals surface area contributed by atoms with E-state index in [4.69, 9.17) is 0 Å². The highest BCUT2D eigenvalue weighted by atomic mass is 32.2. The van der Waals surface area contributed by atoms with Crippen LogP contribution < -0.4 is 5.32 Å². The second-order valence-corrected chi connectivity index (χ2v) is 8.48. The fourth-order valence-corrected chi connectivity index (χ4v) is 5.34. The van der Waals surface area contributed by atoms with E-state index in [2.05, 4.69) is 24.3 Å². The van der Waals surface area contributed by atoms with Crippen LogP contribution in [0.25, 0.3) is 0 Å². The monoisotopic (exact) mass is 317 g/mol. The number of rotatable bonds is 5. The fourth-order valence-electron chi connectivity index (χ4n) is 2.51. The van der Waals surface area contributed by atoms with Gasteiger partial charge in [-0.05, 0) is 51.0 Å². The first-order valence-electron chi connectivity index (χ1n) is 6.83. The summed E-state index contributed by atoms with van der Waals surface area (Å²) in [5.41, 5.74) is 1.03. The molecule has 1 aliphatic rings. The Kier molecular flexibility index (Phi) is 5.19. The molecule has 0 aliphatic carbocycles. The number of piperidine rings is 1. The maximum atomic E-state index is 12.6. The van der Waals surface area contributed by atoms with E-state index in [-0.39, 0.29) is 0 Å². The van der Waals surface area contributed by atoms with Crippen LogP contribution in [0, 0.1) is 0 Å². The number of thiophene rings is 1. The average molecular weight is 317 g/mol. The summed E-state index contributed by atoms with van der Waals surface area (Å²) in [5, 5.41) is 4.95. The minimum absolute atomic E-state index is 0.464. The molecule has 2 heterocycles. The molecule has 1 N–H and O–H groups in total. The van der Waals surface area contributed by atoms with Gasteiger partial charge in [0.05, 0.1) is 0 Å². The summed E-state index contributed by atoms with van der Waals surface area (Å²) in [6.07, 6.45) is 1.81. The lowest BCUT2D eigenvalue weighted by Gasteiger charge is -2.34. The summed E-state index contributed by atoms with van der Waals surface area (Å²) < 4.78 is 27.3. The zero-order valence-corrected chi connectivity index (χ0v) is 13.9. The van der Waals surface area contributed by atoms with Gasteiger partial charge in [-0.15, -0.1) is 11.3 Å². The van der Waals surface area contributed by atoms with Gasteiger partial charge in [0.1, 0.15) is 4.21 Å². The predicted molar refractivity (Wildman–Crippen MR) is 82.6 cm³/mol. The Labute approximate surface area is 125 Å². The van der Waals surface area contributed by atoms with Crippen LogP contribution in [0.1, 0.15) is 18.4 Å². The van der Waals surface area contributed by atoms with Crippen LogP contribution in [-0.2, 0) is 16.6 Å². The molecule has 1 saturated heterocycles. The van der Waals surface area contributed by atoms with Crippen molar-refractivity contribution in [1.29, 1.82) is 0 Å². The molecule has 1 aliphatic heterocycles. The summed E-state index contributed by atoms with van der Waals surface area (Å²) in [6, 6.07) is 2.28. The number of nitrogens with zero attached hydrogens (tertiary/aromatic N) is 2. The summed E-state index contributed by atoms with van der Waals surface area (Å²) >= 11 is 1.32. The third-order valence-electron chi connectivity index (χ3n) is 3.76. The van der Waals surface area contributed by atoms with Gasteiger partial charge in [-0.2, -0.15) is 4.31 Å². The van der Waals surface area contributed by atoms with Crippen LogP contribution in [-0.4, -0.2) is 57.9 Å². The molecular weight excluding hydrogens is 294 g/mol. The van der Waals surface area contributed by atoms with E-state index in [0.717, 1.165) is 18.4 Å². The molecule has 0 saturated carbocycles. The zero-order valence-electron chi connectivity index (χ0n) is 12.3. The second-order valence-electron chi connectivity index (χ2n) is 5.40. The molecule has 2 rings (SSSR count). The van der Waals surface area contributed by atoms with Crippen molar-refractivity contribution in [3.05, 3.63) is 17.0 Å². The highest BCUT2D eigenvalue weighted by Crippen LogP contribution is 2.27. The quantitative estimate of drug-likeness (QED) is 0.886. The molecule has 114 valence electrons. The van der Waals surface area contributed by atoms with Gasteiger partial charge < -0.3 is 10.2 Å². The van der Waals surface area contributed by atoms with Crippen LogP contribution in [0.15, 0.2) is 15.7 Å². The maximum absolute atomic E-state index is 12.6. The molecule has 0 amide bonds. The van der Waals surface area contributed by atoms with Gasteiger partial charge in [-0.3, -0.25) is 0 Å². The van der Waals surface area contributed by atoms with E-state index in [1.807, 2.05) is 12.4 Å². The Morgan fingerprint density at radius 1 is 1.40 bits per heavy atom. The lowest BCUT2D eigenvalue weighted by molar-refractivity contribution is 0.197. The lowest BCUT2D eigenvalue weighted by Crippen LogP contribution is -2.44. The molecule has 1 fully saturated rings. The van der Waals surface area contributed by atoms with Crippen molar-refractivity contribution in [1.82, 2.24) is 14.5 Å². The van der Waals surface area contributed by atoms with Crippen molar-refractivity contribution in [3.8, 4) is 0 Å². The van der Waals surface area contributed by atoms with E-state index in [9.17, 15) is 8.42 Å². The molecule has 5 nitrogen and oxygen atoms in total. The molecule has 0 radical (unpaired) electrons. The molecule has 0 bridgehead atoms. The van der Waals surface area contributed by atoms with E-state index >= 15 is 0 Å². The van der Waals surface area contributed by atoms with Crippen LogP contribution in [0.3, 0.4) is 0 Å². The van der Waals surface area contributed by atoms with Gasteiger partial charge in [-0.25, -0.2) is 8.42 Å². The third kappa shape index (κ3) is 3.40. The Morgan fingerprint density at radius 2 is 2.05 bits per heavy atom. The molecule has 0 unspecified atom stereocenters. The van der Waals surface area contributed by atoms with Crippen molar-refractivity contribution >= 4 is 21.4 Å². The van der Waals surface area contributed by atoms with Crippen LogP contribution in [0.4, 0.5) is 0 Å². The van der Waals surface area contributed by atoms with Gasteiger partial charge in [-0.1, -0.05) is 0 Å². The summed E-state index contributed by atoms with van der Waals surface area (Å²) in [4.78, 5) is 2.18. The highest BCUT2D eigenvalue weighted by molar-refractivity contribution is 7.91. The van der Waals surface area contributed by atoms with Crippen molar-refractivity contribution in [2.45, 2.75) is 29.6 Å². The van der Waals surface area contributed by atoms with Gasteiger partial charge in [0.2, 0.25) is 0 Å². The molecule has 0 atom stereocenters. The van der Waals surface area contributed by atoms with Crippen LogP contribution >= 0.6 is 11.3 Å². The number of sulfonamides is 1. The molecule has 1 aromatic heterocycles. The van der Waals surface area contributed by atoms with Crippen molar-refractivity contribution < 1.29 is 8.42 Å². The Bertz CT molecular complexity index is 532. The SMILES string of the molecule is CNCc1csc(S(=O)(=O)N2CCC(N(C)C)CC2)c1. The topological polar surface area (TPSA) is 52.7 Å². The van der Waals surface area contributed by atoms with Gasteiger partial charge in [0, 0.05) is 25.7 Å². The van der Waals surface area contributed by atoms with Crippen molar-refractivity contribution in [2.24, 2.45) is 0 Å². The van der Waals surface area contributed by atoms with Gasteiger partial charge >= 0.3 is 0 Å². The largest absolute Gasteiger partial charge is 0.316 e. The third-order valence-corrected chi connectivity index (χ3v) is 7.12. The molecule has 1 aromatic rings. The standard InChI is InChI=1S/C13H23N3O2S2/c1-14-9-11-8-13(19-10-11)20(17,18)16-6-4-12(5-7-16)15(2)3/h8,10,12,14H,4-7,9H2,1-3H3. The van der Waals surface area contributed by atoms with Crippen molar-refractivity contribution in [3.63, 3.8) is 0 Å². The van der Waals surface area contributed by atoms with Gasteiger partial charge in [0.25, 0.3) is 10.0 Å². The Hall–Kier alpha value is -0.470. The normalized spacial score (nSPS) is 18.8. The van der Waals surface area contributed by atoms with E-state index in [1.165, 1.54) is 11.3 Å². The van der Waals surface area contributed by atoms with Crippen LogP contribution in [0.2, 0.25) is 0 Å². The van der Waals surface area contributed by atoms with E-state index in [0.29, 0.717) is 29.9 Å². The molecule has 20 heavy (non-hydrogen) atoms.